The van der Waals surface area contributed by atoms with Crippen LogP contribution in [0.5, 0.6) is 5.75 Å². The highest BCUT2D eigenvalue weighted by atomic mass is 16.5. The van der Waals surface area contributed by atoms with E-state index in [4.69, 9.17) is 4.74 Å². The Balaban J connectivity index is 2.82. The van der Waals surface area contributed by atoms with Crippen molar-refractivity contribution >= 4 is 12.0 Å². The Morgan fingerprint density at radius 3 is 2.73 bits per heavy atom. The van der Waals surface area contributed by atoms with Crippen LogP contribution in [0.4, 0.5) is 0 Å². The number of methoxy groups -OCH3 is 1. The van der Waals surface area contributed by atoms with Crippen LogP contribution in [0.25, 0.3) is 6.08 Å². The lowest BCUT2D eigenvalue weighted by Crippen LogP contribution is -2.16. The standard InChI is InChI=1S/C12H15NO2/c1-9(13-10(2)14)7-11-5-4-6-12(8-11)15-3/h4-8H,1-3H3,(H,13,14)/b9-7-. The maximum absolute atomic E-state index is 10.8. The number of carbonyl (C=O) groups is 1. The average Bonchev–Trinajstić information content (AvgIpc) is 2.16. The van der Waals surface area contributed by atoms with Gasteiger partial charge < -0.3 is 10.1 Å². The highest BCUT2D eigenvalue weighted by molar-refractivity contribution is 5.76. The summed E-state index contributed by atoms with van der Waals surface area (Å²) in [6.07, 6.45) is 1.89. The van der Waals surface area contributed by atoms with Gasteiger partial charge in [-0.2, -0.15) is 0 Å². The SMILES string of the molecule is COc1cccc(/C=C(/C)NC(C)=O)c1. The first kappa shape index (κ1) is 11.3. The molecule has 1 amide bonds. The molecule has 3 nitrogen and oxygen atoms in total. The number of nitrogens with one attached hydrogen (secondary N) is 1. The molecule has 3 heteroatoms. The normalized spacial score (nSPS) is 11.0. The lowest BCUT2D eigenvalue weighted by Gasteiger charge is -2.03. The van der Waals surface area contributed by atoms with E-state index in [9.17, 15) is 4.79 Å². The smallest absolute Gasteiger partial charge is 0.220 e. The average molecular weight is 205 g/mol. The van der Waals surface area contributed by atoms with Crippen molar-refractivity contribution in [3.05, 3.63) is 35.5 Å². The van der Waals surface area contributed by atoms with Gasteiger partial charge in [-0.3, -0.25) is 4.79 Å². The van der Waals surface area contributed by atoms with Crippen molar-refractivity contribution in [2.75, 3.05) is 7.11 Å². The van der Waals surface area contributed by atoms with Crippen molar-refractivity contribution in [2.24, 2.45) is 0 Å². The minimum absolute atomic E-state index is 0.0633. The van der Waals surface area contributed by atoms with Gasteiger partial charge in [0.1, 0.15) is 5.75 Å². The topological polar surface area (TPSA) is 38.3 Å². The summed E-state index contributed by atoms with van der Waals surface area (Å²) < 4.78 is 5.10. The third-order valence-electron chi connectivity index (χ3n) is 1.85. The maximum atomic E-state index is 10.8. The zero-order valence-electron chi connectivity index (χ0n) is 9.20. The van der Waals surface area contributed by atoms with Crippen LogP contribution in [0.1, 0.15) is 19.4 Å². The summed E-state index contributed by atoms with van der Waals surface area (Å²) in [5, 5.41) is 2.71. The molecular weight excluding hydrogens is 190 g/mol. The molecule has 1 N–H and O–H groups in total. The predicted molar refractivity (Wildman–Crippen MR) is 60.5 cm³/mol. The highest BCUT2D eigenvalue weighted by Crippen LogP contribution is 2.14. The van der Waals surface area contributed by atoms with Gasteiger partial charge in [0.15, 0.2) is 0 Å². The zero-order valence-corrected chi connectivity index (χ0v) is 9.20. The van der Waals surface area contributed by atoms with Crippen LogP contribution in [-0.4, -0.2) is 13.0 Å². The molecule has 0 aliphatic rings. The van der Waals surface area contributed by atoms with Crippen LogP contribution in [0.3, 0.4) is 0 Å². The molecule has 0 saturated carbocycles. The maximum Gasteiger partial charge on any atom is 0.220 e. The number of amides is 1. The lowest BCUT2D eigenvalue weighted by atomic mass is 10.2. The van der Waals surface area contributed by atoms with Crippen molar-refractivity contribution in [1.29, 1.82) is 0 Å². The Hall–Kier alpha value is -1.77. The van der Waals surface area contributed by atoms with Crippen LogP contribution >= 0.6 is 0 Å². The first-order valence-electron chi connectivity index (χ1n) is 4.72. The monoisotopic (exact) mass is 205 g/mol. The van der Waals surface area contributed by atoms with E-state index < -0.39 is 0 Å². The van der Waals surface area contributed by atoms with E-state index in [0.29, 0.717) is 0 Å². The number of benzene rings is 1. The van der Waals surface area contributed by atoms with Gasteiger partial charge in [-0.25, -0.2) is 0 Å². The van der Waals surface area contributed by atoms with Gasteiger partial charge in [-0.15, -0.1) is 0 Å². The number of ether oxygens (including phenoxy) is 1. The van der Waals surface area contributed by atoms with Crippen molar-refractivity contribution in [1.82, 2.24) is 5.32 Å². The van der Waals surface area contributed by atoms with Gasteiger partial charge in [0.2, 0.25) is 5.91 Å². The van der Waals surface area contributed by atoms with Gasteiger partial charge in [0, 0.05) is 12.6 Å². The summed E-state index contributed by atoms with van der Waals surface area (Å²) in [7, 11) is 1.63. The molecule has 15 heavy (non-hydrogen) atoms. The van der Waals surface area contributed by atoms with Gasteiger partial charge in [-0.1, -0.05) is 12.1 Å². The molecule has 1 aromatic carbocycles. The summed E-state index contributed by atoms with van der Waals surface area (Å²) in [5.41, 5.74) is 1.82. The summed E-state index contributed by atoms with van der Waals surface area (Å²) >= 11 is 0. The van der Waals surface area contributed by atoms with Crippen LogP contribution in [0.15, 0.2) is 30.0 Å². The predicted octanol–water partition coefficient (Wildman–Crippen LogP) is 2.19. The lowest BCUT2D eigenvalue weighted by molar-refractivity contribution is -0.118. The number of hydrogen-bond donors (Lipinski definition) is 1. The fraction of sp³-hybridized carbons (Fsp3) is 0.250. The van der Waals surface area contributed by atoms with E-state index in [1.165, 1.54) is 6.92 Å². The molecule has 0 bridgehead atoms. The second-order valence-electron chi connectivity index (χ2n) is 3.29. The quantitative estimate of drug-likeness (QED) is 0.821. The molecule has 0 spiro atoms. The van der Waals surface area contributed by atoms with Crippen molar-refractivity contribution in [2.45, 2.75) is 13.8 Å². The summed E-state index contributed by atoms with van der Waals surface area (Å²) in [4.78, 5) is 10.8. The largest absolute Gasteiger partial charge is 0.497 e. The number of allylic oxidation sites excluding steroid dienone is 1. The first-order valence-corrected chi connectivity index (χ1v) is 4.72. The molecule has 0 atom stereocenters. The minimum atomic E-state index is -0.0633. The van der Waals surface area contributed by atoms with E-state index in [1.54, 1.807) is 7.11 Å². The molecule has 0 saturated heterocycles. The van der Waals surface area contributed by atoms with Gasteiger partial charge >= 0.3 is 0 Å². The third kappa shape index (κ3) is 3.85. The molecule has 1 rings (SSSR count). The Kier molecular flexibility index (Phi) is 3.92. The van der Waals surface area contributed by atoms with Gasteiger partial charge in [-0.05, 0) is 30.7 Å². The van der Waals surface area contributed by atoms with Crippen LogP contribution in [-0.2, 0) is 4.79 Å². The molecule has 0 heterocycles. The molecule has 1 aromatic rings. The van der Waals surface area contributed by atoms with Crippen molar-refractivity contribution in [3.63, 3.8) is 0 Å². The molecule has 0 aliphatic carbocycles. The summed E-state index contributed by atoms with van der Waals surface area (Å²) in [6, 6.07) is 7.65. The second-order valence-corrected chi connectivity index (χ2v) is 3.29. The van der Waals surface area contributed by atoms with E-state index in [2.05, 4.69) is 5.32 Å². The van der Waals surface area contributed by atoms with Crippen LogP contribution < -0.4 is 10.1 Å². The third-order valence-corrected chi connectivity index (χ3v) is 1.85. The molecule has 0 radical (unpaired) electrons. The fourth-order valence-electron chi connectivity index (χ4n) is 1.30. The summed E-state index contributed by atoms with van der Waals surface area (Å²) in [6.45, 7) is 3.34. The van der Waals surface area contributed by atoms with Crippen molar-refractivity contribution < 1.29 is 9.53 Å². The summed E-state index contributed by atoms with van der Waals surface area (Å²) in [5.74, 6) is 0.742. The van der Waals surface area contributed by atoms with Crippen LogP contribution in [0, 0.1) is 0 Å². The molecule has 0 aromatic heterocycles. The zero-order chi connectivity index (χ0) is 11.3. The number of hydrogen-bond acceptors (Lipinski definition) is 2. The highest BCUT2D eigenvalue weighted by Gasteiger charge is 1.95. The van der Waals surface area contributed by atoms with E-state index in [-0.39, 0.29) is 5.91 Å². The van der Waals surface area contributed by atoms with Gasteiger partial charge in [0.25, 0.3) is 0 Å². The van der Waals surface area contributed by atoms with Crippen LogP contribution in [0.2, 0.25) is 0 Å². The molecule has 0 aliphatic heterocycles. The van der Waals surface area contributed by atoms with Crippen molar-refractivity contribution in [3.8, 4) is 5.75 Å². The Bertz CT molecular complexity index is 383. The minimum Gasteiger partial charge on any atom is -0.497 e. The molecule has 0 unspecified atom stereocenters. The Morgan fingerprint density at radius 2 is 2.13 bits per heavy atom. The van der Waals surface area contributed by atoms with Gasteiger partial charge in [0.05, 0.1) is 7.11 Å². The second kappa shape index (κ2) is 5.20. The fourth-order valence-corrected chi connectivity index (χ4v) is 1.30. The number of carbonyl (C=O) groups excluding carboxylic acids is 1. The Morgan fingerprint density at radius 1 is 1.40 bits per heavy atom. The van der Waals surface area contributed by atoms with E-state index in [0.717, 1.165) is 17.0 Å². The molecule has 80 valence electrons. The number of rotatable bonds is 3. The Labute approximate surface area is 89.8 Å². The van der Waals surface area contributed by atoms with E-state index in [1.807, 2.05) is 37.3 Å². The molecular formula is C12H15NO2. The van der Waals surface area contributed by atoms with E-state index >= 15 is 0 Å². The first-order chi connectivity index (χ1) is 7.11. The molecule has 0 fully saturated rings.